The number of aryl methyl sites for hydroxylation is 1. The first-order valence-electron chi connectivity index (χ1n) is 4.62. The maximum absolute atomic E-state index is 11.5. The molecule has 0 aromatic heterocycles. The Morgan fingerprint density at radius 1 is 1.20 bits per heavy atom. The number of fused-ring (bicyclic) bond motifs is 1. The Morgan fingerprint density at radius 3 is 2.53 bits per heavy atom. The van der Waals surface area contributed by atoms with Gasteiger partial charge in [-0.1, -0.05) is 24.3 Å². The molecule has 0 amide bonds. The van der Waals surface area contributed by atoms with Gasteiger partial charge >= 0.3 is 0 Å². The second-order valence-corrected chi connectivity index (χ2v) is 5.28. The molecule has 2 N–H and O–H groups in total. The first kappa shape index (κ1) is 10.3. The van der Waals surface area contributed by atoms with Gasteiger partial charge in [0.2, 0.25) is 10.0 Å². The molecule has 0 saturated carbocycles. The van der Waals surface area contributed by atoms with E-state index in [2.05, 4.69) is 0 Å². The zero-order valence-corrected chi connectivity index (χ0v) is 8.83. The lowest BCUT2D eigenvalue weighted by molar-refractivity contribution is -0.119. The number of carbonyl (C=O) groups is 1. The Hall–Kier alpha value is -1.20. The second-order valence-electron chi connectivity index (χ2n) is 3.63. The van der Waals surface area contributed by atoms with Gasteiger partial charge in [-0.15, -0.1) is 0 Å². The van der Waals surface area contributed by atoms with E-state index in [1.165, 1.54) is 0 Å². The number of hydrogen-bond acceptors (Lipinski definition) is 3. The van der Waals surface area contributed by atoms with Gasteiger partial charge < -0.3 is 0 Å². The zero-order chi connectivity index (χ0) is 11.1. The minimum absolute atomic E-state index is 0.248. The molecule has 0 aliphatic heterocycles. The van der Waals surface area contributed by atoms with E-state index in [1.807, 2.05) is 12.1 Å². The summed E-state index contributed by atoms with van der Waals surface area (Å²) in [4.78, 5) is 11.5. The average molecular weight is 225 g/mol. The van der Waals surface area contributed by atoms with Crippen molar-refractivity contribution in [3.8, 4) is 0 Å². The van der Waals surface area contributed by atoms with Crippen molar-refractivity contribution in [1.29, 1.82) is 0 Å². The first-order chi connectivity index (χ1) is 7.00. The summed E-state index contributed by atoms with van der Waals surface area (Å²) in [6.07, 6.45) is 0.846. The third kappa shape index (κ3) is 1.80. The van der Waals surface area contributed by atoms with Gasteiger partial charge in [-0.2, -0.15) is 0 Å². The Kier molecular flexibility index (Phi) is 2.36. The number of Topliss-reactive ketones (excluding diaryl/α,β-unsaturated/α-hetero) is 1. The molecule has 15 heavy (non-hydrogen) atoms. The molecule has 2 rings (SSSR count). The van der Waals surface area contributed by atoms with E-state index in [1.54, 1.807) is 12.1 Å². The highest BCUT2D eigenvalue weighted by molar-refractivity contribution is 7.90. The van der Waals surface area contributed by atoms with Crippen LogP contribution in [0.1, 0.15) is 22.8 Å². The van der Waals surface area contributed by atoms with Crippen molar-refractivity contribution in [2.45, 2.75) is 18.1 Å². The Morgan fingerprint density at radius 2 is 1.87 bits per heavy atom. The van der Waals surface area contributed by atoms with Crippen molar-refractivity contribution < 1.29 is 13.2 Å². The van der Waals surface area contributed by atoms with Crippen LogP contribution in [-0.4, -0.2) is 14.2 Å². The van der Waals surface area contributed by atoms with Crippen LogP contribution in [0.25, 0.3) is 0 Å². The molecule has 5 heteroatoms. The van der Waals surface area contributed by atoms with Crippen molar-refractivity contribution in [1.82, 2.24) is 0 Å². The van der Waals surface area contributed by atoms with Crippen LogP contribution in [0, 0.1) is 0 Å². The fraction of sp³-hybridized carbons (Fsp3) is 0.300. The van der Waals surface area contributed by atoms with Gasteiger partial charge in [-0.05, 0) is 17.5 Å². The van der Waals surface area contributed by atoms with Crippen LogP contribution in [0.2, 0.25) is 0 Å². The summed E-state index contributed by atoms with van der Waals surface area (Å²) >= 11 is 0. The predicted octanol–water partition coefficient (Wildman–Crippen LogP) is 0.532. The van der Waals surface area contributed by atoms with Crippen molar-refractivity contribution in [3.63, 3.8) is 0 Å². The fourth-order valence-corrected chi connectivity index (χ4v) is 3.01. The summed E-state index contributed by atoms with van der Waals surface area (Å²) in [5.74, 6) is -0.309. The molecular weight excluding hydrogens is 214 g/mol. The molecule has 0 spiro atoms. The lowest BCUT2D eigenvalue weighted by atomic mass is 9.90. The number of carbonyl (C=O) groups excluding carboxylic acids is 1. The topological polar surface area (TPSA) is 77.2 Å². The van der Waals surface area contributed by atoms with E-state index in [-0.39, 0.29) is 12.2 Å². The Balaban J connectivity index is 2.61. The number of nitrogens with two attached hydrogens (primary N) is 1. The quantitative estimate of drug-likeness (QED) is 0.757. The van der Waals surface area contributed by atoms with Crippen molar-refractivity contribution in [2.75, 3.05) is 0 Å². The normalized spacial score (nSPS) is 21.1. The van der Waals surface area contributed by atoms with E-state index < -0.39 is 15.3 Å². The maximum Gasteiger partial charge on any atom is 0.223 e. The summed E-state index contributed by atoms with van der Waals surface area (Å²) in [6, 6.07) is 7.03. The van der Waals surface area contributed by atoms with E-state index in [4.69, 9.17) is 5.14 Å². The third-order valence-electron chi connectivity index (χ3n) is 2.60. The first-order valence-corrected chi connectivity index (χ1v) is 6.23. The lowest BCUT2D eigenvalue weighted by Gasteiger charge is -2.22. The summed E-state index contributed by atoms with van der Waals surface area (Å²) in [5, 5.41) is 3.90. The summed E-state index contributed by atoms with van der Waals surface area (Å²) < 4.78 is 22.6. The van der Waals surface area contributed by atoms with Gasteiger partial charge in [0.1, 0.15) is 0 Å². The highest BCUT2D eigenvalue weighted by Crippen LogP contribution is 2.31. The molecule has 1 aliphatic carbocycles. The van der Waals surface area contributed by atoms with E-state index >= 15 is 0 Å². The number of primary sulfonamides is 1. The standard InChI is InChI=1S/C10H11NO3S/c11-15(13,14)10-8-4-2-1-3-7(8)5-6-9(10)12/h1-4,10H,5-6H2,(H2,11,13,14). The maximum atomic E-state index is 11.5. The molecule has 4 nitrogen and oxygen atoms in total. The van der Waals surface area contributed by atoms with E-state index in [0.717, 1.165) is 5.56 Å². The minimum Gasteiger partial charge on any atom is -0.298 e. The molecule has 1 atom stereocenters. The highest BCUT2D eigenvalue weighted by atomic mass is 32.2. The van der Waals surface area contributed by atoms with Crippen molar-refractivity contribution >= 4 is 15.8 Å². The molecule has 0 saturated heterocycles. The number of benzene rings is 1. The van der Waals surface area contributed by atoms with Gasteiger partial charge in [0, 0.05) is 6.42 Å². The molecule has 1 aromatic rings. The predicted molar refractivity (Wildman–Crippen MR) is 55.6 cm³/mol. The summed E-state index contributed by atoms with van der Waals surface area (Å²) in [5.41, 5.74) is 1.44. The van der Waals surface area contributed by atoms with E-state index in [9.17, 15) is 13.2 Å². The Bertz CT molecular complexity index is 507. The number of hydrogen-bond donors (Lipinski definition) is 1. The summed E-state index contributed by atoms with van der Waals surface area (Å²) in [7, 11) is -3.84. The second kappa shape index (κ2) is 3.43. The van der Waals surface area contributed by atoms with Gasteiger partial charge in [0.25, 0.3) is 0 Å². The molecule has 1 aliphatic rings. The van der Waals surface area contributed by atoms with Crippen LogP contribution in [0.15, 0.2) is 24.3 Å². The molecule has 0 radical (unpaired) electrons. The number of sulfonamides is 1. The number of ketones is 1. The third-order valence-corrected chi connectivity index (χ3v) is 3.77. The fourth-order valence-electron chi connectivity index (χ4n) is 1.94. The molecule has 0 heterocycles. The molecule has 80 valence electrons. The smallest absolute Gasteiger partial charge is 0.223 e. The molecule has 0 bridgehead atoms. The largest absolute Gasteiger partial charge is 0.298 e. The summed E-state index contributed by atoms with van der Waals surface area (Å²) in [6.45, 7) is 0. The van der Waals surface area contributed by atoms with Gasteiger partial charge in [0.15, 0.2) is 11.0 Å². The zero-order valence-electron chi connectivity index (χ0n) is 8.01. The van der Waals surface area contributed by atoms with Crippen LogP contribution in [0.5, 0.6) is 0 Å². The molecule has 1 unspecified atom stereocenters. The van der Waals surface area contributed by atoms with Gasteiger partial charge in [-0.25, -0.2) is 13.6 Å². The molecule has 1 aromatic carbocycles. The Labute approximate surface area is 88.1 Å². The number of rotatable bonds is 1. The van der Waals surface area contributed by atoms with Crippen LogP contribution in [0.4, 0.5) is 0 Å². The highest BCUT2D eigenvalue weighted by Gasteiger charge is 2.35. The van der Waals surface area contributed by atoms with Crippen LogP contribution < -0.4 is 5.14 Å². The van der Waals surface area contributed by atoms with E-state index in [0.29, 0.717) is 12.0 Å². The van der Waals surface area contributed by atoms with Crippen LogP contribution >= 0.6 is 0 Å². The average Bonchev–Trinajstić information content (AvgIpc) is 2.15. The SMILES string of the molecule is NS(=O)(=O)C1C(=O)CCc2ccccc21. The molecule has 0 fully saturated rings. The van der Waals surface area contributed by atoms with Crippen molar-refractivity contribution in [2.24, 2.45) is 5.14 Å². The molecular formula is C10H11NO3S. The van der Waals surface area contributed by atoms with Crippen LogP contribution in [-0.2, 0) is 21.2 Å². The van der Waals surface area contributed by atoms with Gasteiger partial charge in [0.05, 0.1) is 0 Å². The van der Waals surface area contributed by atoms with Crippen molar-refractivity contribution in [3.05, 3.63) is 35.4 Å². The van der Waals surface area contributed by atoms with Crippen LogP contribution in [0.3, 0.4) is 0 Å². The minimum atomic E-state index is -3.84. The lowest BCUT2D eigenvalue weighted by Crippen LogP contribution is -2.32. The van der Waals surface area contributed by atoms with Gasteiger partial charge in [-0.3, -0.25) is 4.79 Å². The monoisotopic (exact) mass is 225 g/mol.